The molecule has 2 aromatic rings. The molecule has 2 amide bonds. The van der Waals surface area contributed by atoms with Gasteiger partial charge in [-0.25, -0.2) is 0 Å². The Morgan fingerprint density at radius 2 is 1.24 bits per heavy atom. The highest BCUT2D eigenvalue weighted by molar-refractivity contribution is 6.30. The van der Waals surface area contributed by atoms with E-state index in [0.29, 0.717) is 24.2 Å². The van der Waals surface area contributed by atoms with E-state index in [2.05, 4.69) is 0 Å². The number of halogens is 1. The van der Waals surface area contributed by atoms with Crippen LogP contribution in [-0.4, -0.2) is 34.7 Å². The molecule has 0 aliphatic heterocycles. The number of nitrogens with zero attached hydrogens (tertiary/aromatic N) is 2. The minimum absolute atomic E-state index is 0.144. The molecule has 0 spiro atoms. The fourth-order valence-electron chi connectivity index (χ4n) is 2.90. The molecule has 154 valence electrons. The number of carbonyl (C=O) groups excluding carboxylic acids is 2. The van der Waals surface area contributed by atoms with Crippen LogP contribution in [-0.2, 0) is 0 Å². The van der Waals surface area contributed by atoms with Crippen molar-refractivity contribution in [2.24, 2.45) is 11.8 Å². The van der Waals surface area contributed by atoms with Crippen molar-refractivity contribution in [2.45, 2.75) is 27.7 Å². The fourth-order valence-corrected chi connectivity index (χ4v) is 3.16. The smallest absolute Gasteiger partial charge is 0.258 e. The van der Waals surface area contributed by atoms with E-state index in [9.17, 15) is 9.59 Å². The molecule has 0 fully saturated rings. The van der Waals surface area contributed by atoms with Gasteiger partial charge in [-0.05, 0) is 36.1 Å². The van der Waals surface area contributed by atoms with Gasteiger partial charge in [0.15, 0.2) is 0 Å². The van der Waals surface area contributed by atoms with Crippen LogP contribution in [0, 0.1) is 11.8 Å². The maximum atomic E-state index is 13.1. The summed E-state index contributed by atoms with van der Waals surface area (Å²) in [5, 5.41) is 0.234. The fraction of sp³-hybridized carbons (Fsp3) is 0.333. The Morgan fingerprint density at radius 1 is 0.793 bits per heavy atom. The molecule has 0 heterocycles. The molecule has 2 rings (SSSR count). The standard InChI is InChI=1S/C24H29ClN2O2/c1-18(2)15-26(23(28)20-11-7-5-8-12-20)17-22(25)27(16-19(3)4)24(29)21-13-9-6-10-14-21/h5-14,17-19H,15-16H2,1-4H3/b22-17+. The molecule has 0 aromatic heterocycles. The molecule has 0 saturated heterocycles. The van der Waals surface area contributed by atoms with E-state index in [0.717, 1.165) is 0 Å². The summed E-state index contributed by atoms with van der Waals surface area (Å²) in [6.45, 7) is 9.08. The quantitative estimate of drug-likeness (QED) is 0.528. The highest BCUT2D eigenvalue weighted by Gasteiger charge is 2.22. The van der Waals surface area contributed by atoms with Gasteiger partial charge >= 0.3 is 0 Å². The van der Waals surface area contributed by atoms with Crippen LogP contribution >= 0.6 is 11.6 Å². The lowest BCUT2D eigenvalue weighted by Crippen LogP contribution is -2.35. The molecule has 0 N–H and O–H groups in total. The van der Waals surface area contributed by atoms with Crippen LogP contribution in [0.4, 0.5) is 0 Å². The first-order chi connectivity index (χ1) is 13.8. The van der Waals surface area contributed by atoms with E-state index in [1.54, 1.807) is 35.4 Å². The second kappa shape index (κ2) is 10.8. The minimum Gasteiger partial charge on any atom is -0.312 e. The van der Waals surface area contributed by atoms with E-state index in [-0.39, 0.29) is 28.8 Å². The number of carbonyl (C=O) groups is 2. The molecule has 0 radical (unpaired) electrons. The zero-order valence-corrected chi connectivity index (χ0v) is 18.3. The second-order valence-electron chi connectivity index (χ2n) is 7.84. The zero-order chi connectivity index (χ0) is 21.4. The molecule has 5 heteroatoms. The number of rotatable bonds is 8. The van der Waals surface area contributed by atoms with E-state index in [1.165, 1.54) is 4.90 Å². The third-order valence-electron chi connectivity index (χ3n) is 4.18. The Kier molecular flexibility index (Phi) is 8.47. The Hall–Kier alpha value is -2.59. The normalized spacial score (nSPS) is 11.6. The van der Waals surface area contributed by atoms with Crippen LogP contribution in [0.2, 0.25) is 0 Å². The Morgan fingerprint density at radius 3 is 1.69 bits per heavy atom. The molecule has 0 aliphatic carbocycles. The molecule has 0 unspecified atom stereocenters. The molecule has 0 atom stereocenters. The highest BCUT2D eigenvalue weighted by atomic mass is 35.5. The monoisotopic (exact) mass is 412 g/mol. The van der Waals surface area contributed by atoms with Crippen LogP contribution in [0.25, 0.3) is 0 Å². The Bertz CT molecular complexity index is 832. The molecule has 0 saturated carbocycles. The van der Waals surface area contributed by atoms with E-state index in [1.807, 2.05) is 64.1 Å². The summed E-state index contributed by atoms with van der Waals surface area (Å²) < 4.78 is 0. The van der Waals surface area contributed by atoms with Crippen molar-refractivity contribution in [2.75, 3.05) is 13.1 Å². The summed E-state index contributed by atoms with van der Waals surface area (Å²) in [4.78, 5) is 29.2. The van der Waals surface area contributed by atoms with Gasteiger partial charge in [-0.2, -0.15) is 0 Å². The van der Waals surface area contributed by atoms with E-state index in [4.69, 9.17) is 11.6 Å². The lowest BCUT2D eigenvalue weighted by molar-refractivity contribution is 0.0770. The number of hydrogen-bond acceptors (Lipinski definition) is 2. The van der Waals surface area contributed by atoms with Crippen LogP contribution < -0.4 is 0 Å². The summed E-state index contributed by atoms with van der Waals surface area (Å²) in [6.07, 6.45) is 1.58. The molecular formula is C24H29ClN2O2. The van der Waals surface area contributed by atoms with Gasteiger partial charge in [-0.1, -0.05) is 75.7 Å². The summed E-state index contributed by atoms with van der Waals surface area (Å²) in [7, 11) is 0. The van der Waals surface area contributed by atoms with Crippen LogP contribution in [0.1, 0.15) is 48.4 Å². The molecule has 4 nitrogen and oxygen atoms in total. The summed E-state index contributed by atoms with van der Waals surface area (Å²) in [6, 6.07) is 18.1. The number of hydrogen-bond donors (Lipinski definition) is 0. The van der Waals surface area contributed by atoms with Gasteiger partial charge in [0.2, 0.25) is 0 Å². The lowest BCUT2D eigenvalue weighted by Gasteiger charge is -2.27. The predicted octanol–water partition coefficient (Wildman–Crippen LogP) is 5.62. The average molecular weight is 413 g/mol. The first kappa shape index (κ1) is 22.7. The van der Waals surface area contributed by atoms with Crippen LogP contribution in [0.3, 0.4) is 0 Å². The summed E-state index contributed by atoms with van der Waals surface area (Å²) >= 11 is 6.62. The van der Waals surface area contributed by atoms with Gasteiger partial charge in [0.25, 0.3) is 11.8 Å². The summed E-state index contributed by atoms with van der Waals surface area (Å²) in [5.74, 6) is 0.131. The highest BCUT2D eigenvalue weighted by Crippen LogP contribution is 2.19. The molecular weight excluding hydrogens is 384 g/mol. The van der Waals surface area contributed by atoms with Gasteiger partial charge < -0.3 is 4.90 Å². The largest absolute Gasteiger partial charge is 0.312 e. The molecule has 2 aromatic carbocycles. The molecule has 29 heavy (non-hydrogen) atoms. The van der Waals surface area contributed by atoms with Crippen molar-refractivity contribution in [3.63, 3.8) is 0 Å². The first-order valence-electron chi connectivity index (χ1n) is 9.89. The van der Waals surface area contributed by atoms with Crippen molar-refractivity contribution in [3.8, 4) is 0 Å². The number of benzene rings is 2. The summed E-state index contributed by atoms with van der Waals surface area (Å²) in [5.41, 5.74) is 1.14. The van der Waals surface area contributed by atoms with Crippen molar-refractivity contribution in [3.05, 3.63) is 83.1 Å². The minimum atomic E-state index is -0.183. The Labute approximate surface area is 178 Å². The van der Waals surface area contributed by atoms with Gasteiger partial charge in [-0.3, -0.25) is 14.5 Å². The van der Waals surface area contributed by atoms with Crippen molar-refractivity contribution in [1.29, 1.82) is 0 Å². The van der Waals surface area contributed by atoms with Crippen LogP contribution in [0.15, 0.2) is 72.0 Å². The average Bonchev–Trinajstić information content (AvgIpc) is 2.71. The predicted molar refractivity (Wildman–Crippen MR) is 119 cm³/mol. The van der Waals surface area contributed by atoms with Crippen molar-refractivity contribution in [1.82, 2.24) is 9.80 Å². The topological polar surface area (TPSA) is 40.6 Å². The third kappa shape index (κ3) is 6.75. The SMILES string of the molecule is CC(C)CN(/C=C(\Cl)N(CC(C)C)C(=O)c1ccccc1)C(=O)c1ccccc1. The van der Waals surface area contributed by atoms with Crippen molar-refractivity contribution < 1.29 is 9.59 Å². The number of amides is 2. The Balaban J connectivity index is 2.37. The molecule has 0 bridgehead atoms. The van der Waals surface area contributed by atoms with Crippen molar-refractivity contribution >= 4 is 23.4 Å². The maximum Gasteiger partial charge on any atom is 0.258 e. The zero-order valence-electron chi connectivity index (χ0n) is 17.5. The molecule has 0 aliphatic rings. The van der Waals surface area contributed by atoms with E-state index < -0.39 is 0 Å². The van der Waals surface area contributed by atoms with Gasteiger partial charge in [0, 0.05) is 30.4 Å². The van der Waals surface area contributed by atoms with E-state index >= 15 is 0 Å². The van der Waals surface area contributed by atoms with Gasteiger partial charge in [-0.15, -0.1) is 0 Å². The van der Waals surface area contributed by atoms with Crippen LogP contribution in [0.5, 0.6) is 0 Å². The first-order valence-corrected chi connectivity index (χ1v) is 10.3. The lowest BCUT2D eigenvalue weighted by atomic mass is 10.1. The van der Waals surface area contributed by atoms with Gasteiger partial charge in [0.1, 0.15) is 5.16 Å². The third-order valence-corrected chi connectivity index (χ3v) is 4.48. The van der Waals surface area contributed by atoms with Gasteiger partial charge in [0.05, 0.1) is 0 Å². The maximum absolute atomic E-state index is 13.1. The second-order valence-corrected chi connectivity index (χ2v) is 8.23.